The highest BCUT2D eigenvalue weighted by molar-refractivity contribution is 7.90. The number of nitrogens with zero attached hydrogens (tertiary/aromatic N) is 1. The van der Waals surface area contributed by atoms with Crippen molar-refractivity contribution in [2.75, 3.05) is 24.9 Å². The molecular formula is C12H17FN2O5S. The van der Waals surface area contributed by atoms with Crippen LogP contribution in [0.5, 0.6) is 5.75 Å². The molecule has 7 nitrogen and oxygen atoms in total. The Hall–Kier alpha value is -1.87. The Morgan fingerprint density at radius 2 is 2.14 bits per heavy atom. The molecule has 1 aromatic rings. The normalized spacial score (nSPS) is 11.4. The zero-order chi connectivity index (χ0) is 16.0. The van der Waals surface area contributed by atoms with Crippen molar-refractivity contribution in [1.82, 2.24) is 4.31 Å². The molecule has 0 saturated heterocycles. The maximum atomic E-state index is 13.6. The van der Waals surface area contributed by atoms with Crippen LogP contribution in [0.25, 0.3) is 0 Å². The third kappa shape index (κ3) is 5.20. The number of nitrogens with one attached hydrogen (secondary N) is 1. The van der Waals surface area contributed by atoms with Crippen molar-refractivity contribution in [2.24, 2.45) is 0 Å². The summed E-state index contributed by atoms with van der Waals surface area (Å²) in [5.74, 6) is -1.77. The third-order valence-electron chi connectivity index (χ3n) is 2.53. The van der Waals surface area contributed by atoms with E-state index in [2.05, 4.69) is 4.72 Å². The van der Waals surface area contributed by atoms with E-state index in [1.54, 1.807) is 6.92 Å². The van der Waals surface area contributed by atoms with Crippen molar-refractivity contribution in [1.29, 1.82) is 0 Å². The van der Waals surface area contributed by atoms with Gasteiger partial charge in [0.25, 0.3) is 0 Å². The lowest BCUT2D eigenvalue weighted by Crippen LogP contribution is -2.34. The fourth-order valence-corrected chi connectivity index (χ4v) is 2.35. The van der Waals surface area contributed by atoms with E-state index in [0.717, 1.165) is 10.4 Å². The first-order chi connectivity index (χ1) is 9.76. The summed E-state index contributed by atoms with van der Waals surface area (Å²) in [6.07, 6.45) is -0.324. The van der Waals surface area contributed by atoms with Gasteiger partial charge >= 0.3 is 16.2 Å². The molecule has 0 unspecified atom stereocenters. The fraction of sp³-hybridized carbons (Fsp3) is 0.417. The minimum Gasteiger partial charge on any atom is -0.491 e. The number of carboxylic acids is 1. The van der Waals surface area contributed by atoms with Crippen LogP contribution >= 0.6 is 0 Å². The Kier molecular flexibility index (Phi) is 5.91. The molecule has 0 aliphatic rings. The molecule has 0 aromatic heterocycles. The van der Waals surface area contributed by atoms with Crippen LogP contribution < -0.4 is 9.46 Å². The number of aliphatic carboxylic acids is 1. The number of rotatable bonds is 8. The number of anilines is 1. The minimum atomic E-state index is -3.94. The zero-order valence-electron chi connectivity index (χ0n) is 11.7. The molecule has 9 heteroatoms. The molecular weight excluding hydrogens is 303 g/mol. The van der Waals surface area contributed by atoms with Gasteiger partial charge in [0.2, 0.25) is 0 Å². The Bertz CT molecular complexity index is 606. The van der Waals surface area contributed by atoms with Gasteiger partial charge < -0.3 is 9.84 Å². The van der Waals surface area contributed by atoms with Crippen molar-refractivity contribution in [2.45, 2.75) is 13.3 Å². The van der Waals surface area contributed by atoms with E-state index in [0.29, 0.717) is 6.61 Å². The number of carboxylic acid groups (broad SMARTS) is 1. The number of hydrogen-bond donors (Lipinski definition) is 2. The van der Waals surface area contributed by atoms with Crippen LogP contribution in [0.15, 0.2) is 18.2 Å². The highest BCUT2D eigenvalue weighted by atomic mass is 32.2. The van der Waals surface area contributed by atoms with Gasteiger partial charge in [-0.25, -0.2) is 4.39 Å². The van der Waals surface area contributed by atoms with Crippen LogP contribution in [0.4, 0.5) is 10.1 Å². The fourth-order valence-electron chi connectivity index (χ4n) is 1.44. The second kappa shape index (κ2) is 7.23. The molecule has 1 aromatic carbocycles. The van der Waals surface area contributed by atoms with E-state index in [-0.39, 0.29) is 24.4 Å². The van der Waals surface area contributed by atoms with E-state index in [1.165, 1.54) is 19.2 Å². The highest BCUT2D eigenvalue weighted by Crippen LogP contribution is 2.22. The Labute approximate surface area is 122 Å². The van der Waals surface area contributed by atoms with Crippen LogP contribution in [0.1, 0.15) is 13.3 Å². The first-order valence-electron chi connectivity index (χ1n) is 6.14. The largest absolute Gasteiger partial charge is 0.491 e. The zero-order valence-corrected chi connectivity index (χ0v) is 12.5. The van der Waals surface area contributed by atoms with E-state index in [4.69, 9.17) is 9.84 Å². The molecule has 0 amide bonds. The van der Waals surface area contributed by atoms with Crippen molar-refractivity contribution < 1.29 is 27.4 Å². The SMILES string of the molecule is CCOc1ccc(NS(=O)(=O)N(C)CCC(=O)O)cc1F. The summed E-state index contributed by atoms with van der Waals surface area (Å²) >= 11 is 0. The molecule has 0 atom stereocenters. The number of halogens is 1. The topological polar surface area (TPSA) is 95.9 Å². The van der Waals surface area contributed by atoms with Crippen molar-refractivity contribution in [3.05, 3.63) is 24.0 Å². The Balaban J connectivity index is 2.79. The monoisotopic (exact) mass is 320 g/mol. The van der Waals surface area contributed by atoms with E-state index in [1.807, 2.05) is 0 Å². The Morgan fingerprint density at radius 1 is 1.48 bits per heavy atom. The van der Waals surface area contributed by atoms with Gasteiger partial charge in [0.05, 0.1) is 18.7 Å². The van der Waals surface area contributed by atoms with Crippen molar-refractivity contribution in [3.63, 3.8) is 0 Å². The molecule has 0 saturated carbocycles. The predicted molar refractivity (Wildman–Crippen MR) is 75.0 cm³/mol. The lowest BCUT2D eigenvalue weighted by atomic mass is 10.3. The molecule has 118 valence electrons. The molecule has 0 aliphatic carbocycles. The third-order valence-corrected chi connectivity index (χ3v) is 4.03. The molecule has 0 radical (unpaired) electrons. The molecule has 2 N–H and O–H groups in total. The number of hydrogen-bond acceptors (Lipinski definition) is 4. The molecule has 0 bridgehead atoms. The quantitative estimate of drug-likeness (QED) is 0.752. The number of carbonyl (C=O) groups is 1. The summed E-state index contributed by atoms with van der Waals surface area (Å²) in [7, 11) is -2.71. The van der Waals surface area contributed by atoms with Crippen molar-refractivity contribution >= 4 is 21.9 Å². The van der Waals surface area contributed by atoms with Gasteiger partial charge in [-0.3, -0.25) is 9.52 Å². The number of ether oxygens (including phenoxy) is 1. The van der Waals surface area contributed by atoms with E-state index >= 15 is 0 Å². The van der Waals surface area contributed by atoms with Gasteiger partial charge in [0.15, 0.2) is 11.6 Å². The van der Waals surface area contributed by atoms with E-state index < -0.39 is 22.0 Å². The summed E-state index contributed by atoms with van der Waals surface area (Å²) in [6, 6.07) is 3.66. The molecule has 1 rings (SSSR count). The smallest absolute Gasteiger partial charge is 0.304 e. The first kappa shape index (κ1) is 17.2. The average Bonchev–Trinajstić information content (AvgIpc) is 2.38. The molecule has 0 aliphatic heterocycles. The summed E-state index contributed by atoms with van der Waals surface area (Å²) in [4.78, 5) is 10.4. The highest BCUT2D eigenvalue weighted by Gasteiger charge is 2.19. The van der Waals surface area contributed by atoms with Gasteiger partial charge in [-0.2, -0.15) is 12.7 Å². The van der Waals surface area contributed by atoms with Crippen LogP contribution in [0, 0.1) is 5.82 Å². The number of benzene rings is 1. The van der Waals surface area contributed by atoms with Crippen LogP contribution in [0.3, 0.4) is 0 Å². The van der Waals surface area contributed by atoms with Gasteiger partial charge in [-0.1, -0.05) is 0 Å². The van der Waals surface area contributed by atoms with Gasteiger partial charge in [-0.05, 0) is 19.1 Å². The standard InChI is InChI=1S/C12H17FN2O5S/c1-3-20-11-5-4-9(8-10(11)13)14-21(18,19)15(2)7-6-12(16)17/h4-5,8,14H,3,6-7H2,1-2H3,(H,16,17). The maximum Gasteiger partial charge on any atom is 0.304 e. The van der Waals surface area contributed by atoms with Crippen LogP contribution in [-0.4, -0.2) is 44.0 Å². The molecule has 0 heterocycles. The lowest BCUT2D eigenvalue weighted by Gasteiger charge is -2.17. The van der Waals surface area contributed by atoms with Crippen molar-refractivity contribution in [3.8, 4) is 5.75 Å². The predicted octanol–water partition coefficient (Wildman–Crippen LogP) is 1.29. The van der Waals surface area contributed by atoms with Crippen LogP contribution in [-0.2, 0) is 15.0 Å². The minimum absolute atomic E-state index is 0.0260. The molecule has 21 heavy (non-hydrogen) atoms. The first-order valence-corrected chi connectivity index (χ1v) is 7.58. The summed E-state index contributed by atoms with van der Waals surface area (Å²) in [5, 5.41) is 8.53. The summed E-state index contributed by atoms with van der Waals surface area (Å²) < 4.78 is 45.4. The summed E-state index contributed by atoms with van der Waals surface area (Å²) in [6.45, 7) is 1.80. The second-order valence-corrected chi connectivity index (χ2v) is 5.93. The van der Waals surface area contributed by atoms with E-state index in [9.17, 15) is 17.6 Å². The Morgan fingerprint density at radius 3 is 2.67 bits per heavy atom. The molecule has 0 fully saturated rings. The summed E-state index contributed by atoms with van der Waals surface area (Å²) in [5.41, 5.74) is 0.0260. The average molecular weight is 320 g/mol. The van der Waals surface area contributed by atoms with Gasteiger partial charge in [0, 0.05) is 19.7 Å². The second-order valence-electron chi connectivity index (χ2n) is 4.15. The van der Waals surface area contributed by atoms with Gasteiger partial charge in [0.1, 0.15) is 0 Å². The van der Waals surface area contributed by atoms with Gasteiger partial charge in [-0.15, -0.1) is 0 Å². The van der Waals surface area contributed by atoms with Crippen LogP contribution in [0.2, 0.25) is 0 Å². The lowest BCUT2D eigenvalue weighted by molar-refractivity contribution is -0.137. The molecule has 0 spiro atoms. The maximum absolute atomic E-state index is 13.6.